The standard InChI is InChI=1S/C12H18N2O2/c1-12(5-3-6-13-12)11(15)14(2)8-10-4-7-16-9-10/h4,7,9,13H,3,5-6,8H2,1-2H3. The molecule has 1 N–H and O–H groups in total. The normalized spacial score (nSPS) is 24.6. The minimum absolute atomic E-state index is 0.159. The van der Waals surface area contributed by atoms with Crippen LogP contribution in [0, 0.1) is 0 Å². The second-order valence-electron chi connectivity index (χ2n) is 4.66. The van der Waals surface area contributed by atoms with Crippen molar-refractivity contribution in [3.63, 3.8) is 0 Å². The molecule has 4 nitrogen and oxygen atoms in total. The van der Waals surface area contributed by atoms with Crippen molar-refractivity contribution in [2.24, 2.45) is 0 Å². The van der Waals surface area contributed by atoms with Gasteiger partial charge in [-0.05, 0) is 32.4 Å². The largest absolute Gasteiger partial charge is 0.472 e. The summed E-state index contributed by atoms with van der Waals surface area (Å²) in [6, 6.07) is 1.88. The van der Waals surface area contributed by atoms with E-state index in [1.165, 1.54) is 0 Å². The Kier molecular flexibility index (Phi) is 3.01. The Labute approximate surface area is 95.6 Å². The molecule has 0 saturated carbocycles. The topological polar surface area (TPSA) is 45.5 Å². The van der Waals surface area contributed by atoms with Crippen LogP contribution in [0.1, 0.15) is 25.3 Å². The van der Waals surface area contributed by atoms with E-state index < -0.39 is 0 Å². The van der Waals surface area contributed by atoms with Gasteiger partial charge in [-0.2, -0.15) is 0 Å². The maximum absolute atomic E-state index is 12.2. The van der Waals surface area contributed by atoms with Crippen LogP contribution in [-0.4, -0.2) is 29.9 Å². The second-order valence-corrected chi connectivity index (χ2v) is 4.66. The Bertz CT molecular complexity index is 353. The molecule has 0 aromatic carbocycles. The lowest BCUT2D eigenvalue weighted by Crippen LogP contribution is -2.51. The fourth-order valence-corrected chi connectivity index (χ4v) is 2.23. The monoisotopic (exact) mass is 222 g/mol. The molecular weight excluding hydrogens is 204 g/mol. The molecule has 4 heteroatoms. The minimum atomic E-state index is -0.377. The lowest BCUT2D eigenvalue weighted by molar-refractivity contribution is -0.136. The number of carbonyl (C=O) groups excluding carboxylic acids is 1. The van der Waals surface area contributed by atoms with Crippen LogP contribution in [0.5, 0.6) is 0 Å². The molecule has 0 spiro atoms. The lowest BCUT2D eigenvalue weighted by atomic mass is 9.98. The van der Waals surface area contributed by atoms with Crippen molar-refractivity contribution in [2.45, 2.75) is 31.8 Å². The first-order valence-electron chi connectivity index (χ1n) is 5.63. The van der Waals surface area contributed by atoms with Gasteiger partial charge in [-0.15, -0.1) is 0 Å². The molecule has 1 amide bonds. The van der Waals surface area contributed by atoms with Gasteiger partial charge in [0, 0.05) is 19.2 Å². The molecule has 2 heterocycles. The van der Waals surface area contributed by atoms with Gasteiger partial charge >= 0.3 is 0 Å². The predicted molar refractivity (Wildman–Crippen MR) is 60.8 cm³/mol. The number of nitrogens with zero attached hydrogens (tertiary/aromatic N) is 1. The zero-order chi connectivity index (χ0) is 11.6. The third-order valence-electron chi connectivity index (χ3n) is 3.19. The van der Waals surface area contributed by atoms with Crippen molar-refractivity contribution in [3.05, 3.63) is 24.2 Å². The molecule has 0 radical (unpaired) electrons. The molecule has 1 aliphatic rings. The van der Waals surface area contributed by atoms with Gasteiger partial charge in [0.1, 0.15) is 0 Å². The van der Waals surface area contributed by atoms with Gasteiger partial charge in [-0.1, -0.05) is 0 Å². The fourth-order valence-electron chi connectivity index (χ4n) is 2.23. The summed E-state index contributed by atoms with van der Waals surface area (Å²) in [6.45, 7) is 3.52. The number of likely N-dealkylation sites (N-methyl/N-ethyl adjacent to an activating group) is 1. The van der Waals surface area contributed by atoms with E-state index in [9.17, 15) is 4.79 Å². The van der Waals surface area contributed by atoms with Gasteiger partial charge < -0.3 is 14.6 Å². The highest BCUT2D eigenvalue weighted by Crippen LogP contribution is 2.21. The predicted octanol–water partition coefficient (Wildman–Crippen LogP) is 1.38. The highest BCUT2D eigenvalue weighted by Gasteiger charge is 2.37. The molecule has 1 aromatic heterocycles. The highest BCUT2D eigenvalue weighted by atomic mass is 16.3. The van der Waals surface area contributed by atoms with E-state index in [-0.39, 0.29) is 11.4 Å². The van der Waals surface area contributed by atoms with Crippen molar-refractivity contribution in [2.75, 3.05) is 13.6 Å². The molecule has 16 heavy (non-hydrogen) atoms. The molecular formula is C12H18N2O2. The van der Waals surface area contributed by atoms with Crippen LogP contribution in [-0.2, 0) is 11.3 Å². The number of rotatable bonds is 3. The first-order valence-corrected chi connectivity index (χ1v) is 5.63. The number of nitrogens with one attached hydrogen (secondary N) is 1. The first-order chi connectivity index (χ1) is 7.62. The van der Waals surface area contributed by atoms with Crippen molar-refractivity contribution in [1.82, 2.24) is 10.2 Å². The molecule has 2 rings (SSSR count). The summed E-state index contributed by atoms with van der Waals surface area (Å²) in [6.07, 6.45) is 5.29. The number of hydrogen-bond donors (Lipinski definition) is 1. The molecule has 1 saturated heterocycles. The van der Waals surface area contributed by atoms with Gasteiger partial charge in [0.2, 0.25) is 5.91 Å². The van der Waals surface area contributed by atoms with Gasteiger partial charge in [0.25, 0.3) is 0 Å². The number of carbonyl (C=O) groups is 1. The van der Waals surface area contributed by atoms with Crippen LogP contribution in [0.25, 0.3) is 0 Å². The summed E-state index contributed by atoms with van der Waals surface area (Å²) >= 11 is 0. The summed E-state index contributed by atoms with van der Waals surface area (Å²) in [7, 11) is 1.83. The average Bonchev–Trinajstić information content (AvgIpc) is 2.89. The van der Waals surface area contributed by atoms with Crippen molar-refractivity contribution >= 4 is 5.91 Å². The van der Waals surface area contributed by atoms with E-state index >= 15 is 0 Å². The summed E-state index contributed by atoms with van der Waals surface area (Å²) in [5.74, 6) is 0.159. The smallest absolute Gasteiger partial charge is 0.242 e. The summed E-state index contributed by atoms with van der Waals surface area (Å²) in [5.41, 5.74) is 0.649. The third kappa shape index (κ3) is 2.11. The van der Waals surface area contributed by atoms with Crippen LogP contribution < -0.4 is 5.32 Å². The molecule has 1 unspecified atom stereocenters. The summed E-state index contributed by atoms with van der Waals surface area (Å²) in [4.78, 5) is 14.0. The maximum atomic E-state index is 12.2. The van der Waals surface area contributed by atoms with Crippen LogP contribution in [0.2, 0.25) is 0 Å². The Morgan fingerprint density at radius 1 is 1.69 bits per heavy atom. The average molecular weight is 222 g/mol. The molecule has 1 fully saturated rings. The van der Waals surface area contributed by atoms with Crippen molar-refractivity contribution < 1.29 is 9.21 Å². The van der Waals surface area contributed by atoms with E-state index in [0.29, 0.717) is 6.54 Å². The van der Waals surface area contributed by atoms with Crippen LogP contribution >= 0.6 is 0 Å². The Morgan fingerprint density at radius 3 is 3.06 bits per heavy atom. The van der Waals surface area contributed by atoms with Crippen LogP contribution in [0.4, 0.5) is 0 Å². The minimum Gasteiger partial charge on any atom is -0.472 e. The van der Waals surface area contributed by atoms with Crippen LogP contribution in [0.15, 0.2) is 23.0 Å². The quantitative estimate of drug-likeness (QED) is 0.840. The van der Waals surface area contributed by atoms with E-state index in [1.807, 2.05) is 20.0 Å². The van der Waals surface area contributed by atoms with Gasteiger partial charge in [0.05, 0.1) is 18.1 Å². The van der Waals surface area contributed by atoms with Gasteiger partial charge in [-0.3, -0.25) is 4.79 Å². The van der Waals surface area contributed by atoms with E-state index in [0.717, 1.165) is 24.9 Å². The molecule has 1 aliphatic heterocycles. The zero-order valence-corrected chi connectivity index (χ0v) is 9.82. The number of amides is 1. The summed E-state index contributed by atoms with van der Waals surface area (Å²) in [5, 5.41) is 3.28. The Hall–Kier alpha value is -1.29. The van der Waals surface area contributed by atoms with Crippen molar-refractivity contribution in [1.29, 1.82) is 0 Å². The molecule has 0 aliphatic carbocycles. The van der Waals surface area contributed by atoms with E-state index in [2.05, 4.69) is 5.32 Å². The fraction of sp³-hybridized carbons (Fsp3) is 0.583. The van der Waals surface area contributed by atoms with E-state index in [1.54, 1.807) is 17.4 Å². The zero-order valence-electron chi connectivity index (χ0n) is 9.82. The molecule has 1 atom stereocenters. The second kappa shape index (κ2) is 4.29. The van der Waals surface area contributed by atoms with Gasteiger partial charge in [0.15, 0.2) is 0 Å². The summed E-state index contributed by atoms with van der Waals surface area (Å²) < 4.78 is 4.99. The lowest BCUT2D eigenvalue weighted by Gasteiger charge is -2.28. The SMILES string of the molecule is CN(Cc1ccoc1)C(=O)C1(C)CCCN1. The third-order valence-corrected chi connectivity index (χ3v) is 3.19. The molecule has 1 aromatic rings. The molecule has 0 bridgehead atoms. The number of furan rings is 1. The first kappa shape index (κ1) is 11.2. The highest BCUT2D eigenvalue weighted by molar-refractivity contribution is 5.86. The van der Waals surface area contributed by atoms with Crippen LogP contribution in [0.3, 0.4) is 0 Å². The Morgan fingerprint density at radius 2 is 2.50 bits per heavy atom. The molecule has 88 valence electrons. The number of hydrogen-bond acceptors (Lipinski definition) is 3. The van der Waals surface area contributed by atoms with E-state index in [4.69, 9.17) is 4.42 Å². The maximum Gasteiger partial charge on any atom is 0.242 e. The van der Waals surface area contributed by atoms with Crippen molar-refractivity contribution in [3.8, 4) is 0 Å². The Balaban J connectivity index is 1.99. The van der Waals surface area contributed by atoms with Gasteiger partial charge in [-0.25, -0.2) is 0 Å².